The first-order chi connectivity index (χ1) is 18.4. The van der Waals surface area contributed by atoms with Crippen LogP contribution in [-0.4, -0.2) is 37.2 Å². The number of phenolic OH excluding ortho intramolecular Hbond substituents is 1. The molecule has 2 aromatic rings. The fourth-order valence-electron chi connectivity index (χ4n) is 6.09. The van der Waals surface area contributed by atoms with Crippen molar-refractivity contribution in [2.45, 2.75) is 69.8 Å². The van der Waals surface area contributed by atoms with E-state index in [1.165, 1.54) is 0 Å². The van der Waals surface area contributed by atoms with Gasteiger partial charge in [0.25, 0.3) is 0 Å². The van der Waals surface area contributed by atoms with E-state index in [9.17, 15) is 14.7 Å². The van der Waals surface area contributed by atoms with Gasteiger partial charge in [-0.05, 0) is 80.3 Å². The minimum atomic E-state index is -0.603. The Labute approximate surface area is 223 Å². The molecule has 0 bridgehead atoms. The number of ketones is 1. The summed E-state index contributed by atoms with van der Waals surface area (Å²) in [7, 11) is 3.19. The zero-order valence-electron chi connectivity index (χ0n) is 22.2. The standard InChI is InChI=1S/C31H35NO6/c1-18-28(31(35)38-23-10-5-4-6-11-23)29(20-8-7-9-22(33)14-20)30-24(32-18)15-21(16-25(30)34)19-12-13-26(36-2)27(17-19)37-3/h7-9,12-14,17,21,23,29,32-33H,4-6,10-11,15-16H2,1-3H3/t21-,29-/m1/s1. The summed E-state index contributed by atoms with van der Waals surface area (Å²) in [4.78, 5) is 27.4. The summed E-state index contributed by atoms with van der Waals surface area (Å²) in [6, 6.07) is 12.6. The van der Waals surface area contributed by atoms with Crippen molar-refractivity contribution >= 4 is 11.8 Å². The van der Waals surface area contributed by atoms with Gasteiger partial charge in [-0.3, -0.25) is 4.79 Å². The SMILES string of the molecule is COc1ccc([C@H]2CC(=O)C3=C(C2)NC(C)=C(C(=O)OC2CCCCC2)[C@H]3c2cccc(O)c2)cc1OC. The molecule has 1 fully saturated rings. The van der Waals surface area contributed by atoms with E-state index in [1.807, 2.05) is 31.2 Å². The number of Topliss-reactive ketones (excluding diaryl/α,β-unsaturated/α-hetero) is 1. The molecular weight excluding hydrogens is 482 g/mol. The van der Waals surface area contributed by atoms with Gasteiger partial charge in [-0.15, -0.1) is 0 Å². The normalized spacial score (nSPS) is 22.0. The van der Waals surface area contributed by atoms with Gasteiger partial charge >= 0.3 is 5.97 Å². The largest absolute Gasteiger partial charge is 0.508 e. The number of methoxy groups -OCH3 is 2. The number of phenols is 1. The Morgan fingerprint density at radius 2 is 1.71 bits per heavy atom. The van der Waals surface area contributed by atoms with E-state index in [2.05, 4.69) is 5.32 Å². The number of ether oxygens (including phenoxy) is 3. The maximum Gasteiger partial charge on any atom is 0.337 e. The highest BCUT2D eigenvalue weighted by Gasteiger charge is 2.42. The van der Waals surface area contributed by atoms with Crippen molar-refractivity contribution in [3.8, 4) is 17.2 Å². The second kappa shape index (κ2) is 10.9. The van der Waals surface area contributed by atoms with E-state index in [-0.39, 0.29) is 23.6 Å². The third-order valence-corrected chi connectivity index (χ3v) is 7.96. The second-order valence-corrected chi connectivity index (χ2v) is 10.4. The summed E-state index contributed by atoms with van der Waals surface area (Å²) < 4.78 is 16.8. The highest BCUT2D eigenvalue weighted by Crippen LogP contribution is 2.47. The van der Waals surface area contributed by atoms with Crippen LogP contribution in [0.5, 0.6) is 17.2 Å². The molecule has 38 heavy (non-hydrogen) atoms. The number of hydrogen-bond acceptors (Lipinski definition) is 7. The number of dihydropyridines is 1. The summed E-state index contributed by atoms with van der Waals surface area (Å²) in [6.45, 7) is 1.86. The van der Waals surface area contributed by atoms with Gasteiger partial charge in [-0.25, -0.2) is 4.79 Å². The lowest BCUT2D eigenvalue weighted by Gasteiger charge is -2.37. The second-order valence-electron chi connectivity index (χ2n) is 10.4. The fourth-order valence-corrected chi connectivity index (χ4v) is 6.09. The molecule has 0 spiro atoms. The number of carbonyl (C=O) groups is 2. The zero-order chi connectivity index (χ0) is 26.8. The molecule has 3 aliphatic rings. The smallest absolute Gasteiger partial charge is 0.337 e. The first-order valence-electron chi connectivity index (χ1n) is 13.4. The van der Waals surface area contributed by atoms with Crippen LogP contribution in [0, 0.1) is 0 Å². The molecule has 2 aromatic carbocycles. The van der Waals surface area contributed by atoms with Crippen molar-refractivity contribution in [2.24, 2.45) is 0 Å². The quantitative estimate of drug-likeness (QED) is 0.479. The predicted molar refractivity (Wildman–Crippen MR) is 143 cm³/mol. The highest BCUT2D eigenvalue weighted by molar-refractivity contribution is 6.04. The minimum Gasteiger partial charge on any atom is -0.508 e. The van der Waals surface area contributed by atoms with Crippen molar-refractivity contribution in [2.75, 3.05) is 14.2 Å². The Balaban J connectivity index is 1.51. The number of hydrogen-bond donors (Lipinski definition) is 2. The number of benzene rings is 2. The van der Waals surface area contributed by atoms with Gasteiger partial charge in [-0.1, -0.05) is 24.6 Å². The Bertz CT molecular complexity index is 1300. The van der Waals surface area contributed by atoms with Crippen LogP contribution in [-0.2, 0) is 14.3 Å². The molecular formula is C31H35NO6. The van der Waals surface area contributed by atoms with Crippen LogP contribution in [0.3, 0.4) is 0 Å². The van der Waals surface area contributed by atoms with E-state index in [0.717, 1.165) is 43.4 Å². The summed E-state index contributed by atoms with van der Waals surface area (Å²) in [5.41, 5.74) is 4.19. The molecule has 0 unspecified atom stereocenters. The lowest BCUT2D eigenvalue weighted by molar-refractivity contribution is -0.146. The molecule has 0 saturated heterocycles. The van der Waals surface area contributed by atoms with Crippen LogP contribution in [0.2, 0.25) is 0 Å². The van der Waals surface area contributed by atoms with Gasteiger partial charge in [0.05, 0.1) is 19.8 Å². The monoisotopic (exact) mass is 517 g/mol. The Morgan fingerprint density at radius 3 is 2.42 bits per heavy atom. The summed E-state index contributed by atoms with van der Waals surface area (Å²) >= 11 is 0. The van der Waals surface area contributed by atoms with E-state index in [4.69, 9.17) is 14.2 Å². The van der Waals surface area contributed by atoms with Gasteiger partial charge in [0.15, 0.2) is 17.3 Å². The van der Waals surface area contributed by atoms with Crippen molar-refractivity contribution in [3.63, 3.8) is 0 Å². The van der Waals surface area contributed by atoms with E-state index in [0.29, 0.717) is 46.7 Å². The number of rotatable bonds is 6. The van der Waals surface area contributed by atoms with Crippen LogP contribution in [0.1, 0.15) is 74.8 Å². The summed E-state index contributed by atoms with van der Waals surface area (Å²) in [5.74, 6) is 0.273. The number of allylic oxidation sites excluding steroid dienone is 3. The molecule has 1 aliphatic heterocycles. The molecule has 7 heteroatoms. The van der Waals surface area contributed by atoms with Crippen LogP contribution >= 0.6 is 0 Å². The molecule has 2 aliphatic carbocycles. The fraction of sp³-hybridized carbons (Fsp3) is 0.419. The number of nitrogens with one attached hydrogen (secondary N) is 1. The van der Waals surface area contributed by atoms with Gasteiger partial charge in [-0.2, -0.15) is 0 Å². The Morgan fingerprint density at radius 1 is 0.947 bits per heavy atom. The number of esters is 1. The molecule has 200 valence electrons. The molecule has 0 radical (unpaired) electrons. The molecule has 1 heterocycles. The third-order valence-electron chi connectivity index (χ3n) is 7.96. The van der Waals surface area contributed by atoms with Crippen LogP contribution < -0.4 is 14.8 Å². The van der Waals surface area contributed by atoms with E-state index < -0.39 is 11.9 Å². The van der Waals surface area contributed by atoms with Crippen LogP contribution in [0.4, 0.5) is 0 Å². The zero-order valence-corrected chi connectivity index (χ0v) is 22.2. The molecule has 2 atom stereocenters. The van der Waals surface area contributed by atoms with Gasteiger partial charge in [0.2, 0.25) is 0 Å². The lowest BCUT2D eigenvalue weighted by Crippen LogP contribution is -2.37. The third kappa shape index (κ3) is 5.02. The number of aromatic hydroxyl groups is 1. The van der Waals surface area contributed by atoms with Crippen LogP contribution in [0.15, 0.2) is 65.0 Å². The van der Waals surface area contributed by atoms with Crippen molar-refractivity contribution in [1.82, 2.24) is 5.32 Å². The van der Waals surface area contributed by atoms with Crippen LogP contribution in [0.25, 0.3) is 0 Å². The highest BCUT2D eigenvalue weighted by atomic mass is 16.5. The molecule has 2 N–H and O–H groups in total. The predicted octanol–water partition coefficient (Wildman–Crippen LogP) is 5.65. The topological polar surface area (TPSA) is 94.1 Å². The van der Waals surface area contributed by atoms with Crippen molar-refractivity contribution in [1.29, 1.82) is 0 Å². The Kier molecular flexibility index (Phi) is 7.45. The molecule has 7 nitrogen and oxygen atoms in total. The first kappa shape index (κ1) is 25.9. The maximum atomic E-state index is 13.8. The van der Waals surface area contributed by atoms with Crippen molar-refractivity contribution in [3.05, 3.63) is 76.1 Å². The van der Waals surface area contributed by atoms with Gasteiger partial charge in [0, 0.05) is 29.3 Å². The average Bonchev–Trinajstić information content (AvgIpc) is 2.92. The number of carbonyl (C=O) groups excluding carboxylic acids is 2. The molecule has 0 aromatic heterocycles. The minimum absolute atomic E-state index is 0.0256. The summed E-state index contributed by atoms with van der Waals surface area (Å²) in [6.07, 6.45) is 5.79. The molecule has 0 amide bonds. The van der Waals surface area contributed by atoms with E-state index >= 15 is 0 Å². The van der Waals surface area contributed by atoms with Gasteiger partial charge < -0.3 is 24.6 Å². The van der Waals surface area contributed by atoms with Crippen molar-refractivity contribution < 1.29 is 28.9 Å². The van der Waals surface area contributed by atoms with E-state index in [1.54, 1.807) is 32.4 Å². The average molecular weight is 518 g/mol. The van der Waals surface area contributed by atoms with Gasteiger partial charge in [0.1, 0.15) is 11.9 Å². The Hall–Kier alpha value is -3.74. The molecule has 5 rings (SSSR count). The lowest BCUT2D eigenvalue weighted by atomic mass is 9.71. The molecule has 1 saturated carbocycles. The summed E-state index contributed by atoms with van der Waals surface area (Å²) in [5, 5.41) is 13.7. The maximum absolute atomic E-state index is 13.8. The first-order valence-corrected chi connectivity index (χ1v) is 13.4.